The lowest BCUT2D eigenvalue weighted by Crippen LogP contribution is -2.56. The molecule has 1 aromatic carbocycles. The predicted octanol–water partition coefficient (Wildman–Crippen LogP) is 2.21. The maximum absolute atomic E-state index is 13.1. The summed E-state index contributed by atoms with van der Waals surface area (Å²) in [5.74, 6) is 0.126. The van der Waals surface area contributed by atoms with E-state index >= 15 is 0 Å². The molecule has 2 fully saturated rings. The molecule has 0 radical (unpaired) electrons. The molecule has 0 unspecified atom stereocenters. The molecule has 2 aliphatic rings. The first-order valence-corrected chi connectivity index (χ1v) is 9.28. The first kappa shape index (κ1) is 17.9. The quantitative estimate of drug-likeness (QED) is 0.842. The lowest BCUT2D eigenvalue weighted by Gasteiger charge is -2.39. The molecular weight excluding hydrogens is 314 g/mol. The fraction of sp³-hybridized carbons (Fsp3) is 0.600. The van der Waals surface area contributed by atoms with Crippen molar-refractivity contribution >= 4 is 11.8 Å². The van der Waals surface area contributed by atoms with Gasteiger partial charge in [0.2, 0.25) is 11.8 Å². The van der Waals surface area contributed by atoms with Crippen molar-refractivity contribution in [2.75, 3.05) is 33.7 Å². The minimum atomic E-state index is -0.341. The second kappa shape index (κ2) is 7.56. The summed E-state index contributed by atoms with van der Waals surface area (Å²) in [5, 5.41) is 0. The van der Waals surface area contributed by atoms with Gasteiger partial charge in [0, 0.05) is 19.1 Å². The van der Waals surface area contributed by atoms with E-state index in [9.17, 15) is 9.59 Å². The Morgan fingerprint density at radius 3 is 2.32 bits per heavy atom. The molecule has 0 aromatic heterocycles. The Balaban J connectivity index is 1.70. The Kier molecular flexibility index (Phi) is 5.42. The average molecular weight is 343 g/mol. The number of rotatable bonds is 4. The molecule has 5 heteroatoms. The predicted molar refractivity (Wildman–Crippen MR) is 98.2 cm³/mol. The number of amides is 2. The van der Waals surface area contributed by atoms with Crippen LogP contribution in [-0.2, 0) is 9.59 Å². The van der Waals surface area contributed by atoms with Crippen molar-refractivity contribution in [2.24, 2.45) is 0 Å². The SMILES string of the molecule is Cc1ccc([C@@H](C(=O)N2CCN(C3CCCC3)C(=O)C2)N(C)C)cc1. The first-order chi connectivity index (χ1) is 12.0. The van der Waals surface area contributed by atoms with Crippen LogP contribution in [0.4, 0.5) is 0 Å². The van der Waals surface area contributed by atoms with E-state index in [1.807, 2.05) is 55.1 Å². The standard InChI is InChI=1S/C20H29N3O2/c1-15-8-10-16(11-9-15)19(21(2)3)20(25)22-12-13-23(18(24)14-22)17-6-4-5-7-17/h8-11,17,19H,4-7,12-14H2,1-3H3/t19-/m0/s1. The maximum Gasteiger partial charge on any atom is 0.245 e. The zero-order chi connectivity index (χ0) is 18.0. The number of carbonyl (C=O) groups is 2. The lowest BCUT2D eigenvalue weighted by molar-refractivity contribution is -0.149. The van der Waals surface area contributed by atoms with Gasteiger partial charge in [-0.05, 0) is 39.4 Å². The summed E-state index contributed by atoms with van der Waals surface area (Å²) in [4.78, 5) is 31.4. The molecule has 1 heterocycles. The molecule has 0 N–H and O–H groups in total. The van der Waals surface area contributed by atoms with Crippen molar-refractivity contribution in [3.8, 4) is 0 Å². The second-order valence-corrected chi connectivity index (χ2v) is 7.56. The van der Waals surface area contributed by atoms with Gasteiger partial charge >= 0.3 is 0 Å². The highest BCUT2D eigenvalue weighted by atomic mass is 16.2. The molecule has 0 bridgehead atoms. The Hall–Kier alpha value is -1.88. The van der Waals surface area contributed by atoms with Gasteiger partial charge in [0.25, 0.3) is 0 Å². The molecule has 0 spiro atoms. The summed E-state index contributed by atoms with van der Waals surface area (Å²) in [5.41, 5.74) is 2.15. The van der Waals surface area contributed by atoms with Crippen LogP contribution in [0, 0.1) is 6.92 Å². The van der Waals surface area contributed by atoms with Crippen LogP contribution < -0.4 is 0 Å². The van der Waals surface area contributed by atoms with Crippen molar-refractivity contribution in [3.63, 3.8) is 0 Å². The summed E-state index contributed by atoms with van der Waals surface area (Å²) in [6.45, 7) is 3.56. The Labute approximate surface area is 150 Å². The molecule has 5 nitrogen and oxygen atoms in total. The number of benzene rings is 1. The summed E-state index contributed by atoms with van der Waals surface area (Å²) in [6.07, 6.45) is 4.66. The third-order valence-electron chi connectivity index (χ3n) is 5.48. The smallest absolute Gasteiger partial charge is 0.245 e. The number of hydrogen-bond donors (Lipinski definition) is 0. The highest BCUT2D eigenvalue weighted by Gasteiger charge is 2.36. The van der Waals surface area contributed by atoms with Crippen LogP contribution in [0.15, 0.2) is 24.3 Å². The lowest BCUT2D eigenvalue weighted by atomic mass is 10.0. The average Bonchev–Trinajstić information content (AvgIpc) is 3.10. The van der Waals surface area contributed by atoms with Crippen LogP contribution >= 0.6 is 0 Å². The fourth-order valence-electron chi connectivity index (χ4n) is 4.06. The minimum absolute atomic E-state index is 0.0216. The van der Waals surface area contributed by atoms with E-state index in [1.165, 1.54) is 18.4 Å². The minimum Gasteiger partial charge on any atom is -0.336 e. The molecular formula is C20H29N3O2. The number of hydrogen-bond acceptors (Lipinski definition) is 3. The van der Waals surface area contributed by atoms with Gasteiger partial charge in [-0.25, -0.2) is 0 Å². The largest absolute Gasteiger partial charge is 0.336 e. The number of carbonyl (C=O) groups excluding carboxylic acids is 2. The highest BCUT2D eigenvalue weighted by molar-refractivity contribution is 5.89. The van der Waals surface area contributed by atoms with E-state index in [0.29, 0.717) is 19.1 Å². The Morgan fingerprint density at radius 2 is 1.76 bits per heavy atom. The molecule has 3 rings (SSSR count). The van der Waals surface area contributed by atoms with Crippen LogP contribution in [0.5, 0.6) is 0 Å². The number of likely N-dealkylation sites (N-methyl/N-ethyl adjacent to an activating group) is 1. The van der Waals surface area contributed by atoms with Crippen molar-refractivity contribution < 1.29 is 9.59 Å². The van der Waals surface area contributed by atoms with Gasteiger partial charge in [0.05, 0.1) is 6.54 Å². The van der Waals surface area contributed by atoms with E-state index in [2.05, 4.69) is 0 Å². The van der Waals surface area contributed by atoms with Gasteiger partial charge in [-0.1, -0.05) is 42.7 Å². The van der Waals surface area contributed by atoms with Gasteiger partial charge in [-0.3, -0.25) is 14.5 Å². The van der Waals surface area contributed by atoms with Crippen LogP contribution in [0.25, 0.3) is 0 Å². The van der Waals surface area contributed by atoms with E-state index in [-0.39, 0.29) is 24.4 Å². The number of aryl methyl sites for hydroxylation is 1. The summed E-state index contributed by atoms with van der Waals surface area (Å²) >= 11 is 0. The number of nitrogens with zero attached hydrogens (tertiary/aromatic N) is 3. The van der Waals surface area contributed by atoms with E-state index in [4.69, 9.17) is 0 Å². The molecule has 1 atom stereocenters. The molecule has 1 saturated carbocycles. The molecule has 25 heavy (non-hydrogen) atoms. The van der Waals surface area contributed by atoms with Crippen molar-refractivity contribution in [1.29, 1.82) is 0 Å². The third kappa shape index (κ3) is 3.87. The van der Waals surface area contributed by atoms with Gasteiger partial charge in [-0.2, -0.15) is 0 Å². The summed E-state index contributed by atoms with van der Waals surface area (Å²) < 4.78 is 0. The topological polar surface area (TPSA) is 43.9 Å². The van der Waals surface area contributed by atoms with Crippen molar-refractivity contribution in [1.82, 2.24) is 14.7 Å². The van der Waals surface area contributed by atoms with Crippen LogP contribution in [-0.4, -0.2) is 66.3 Å². The monoisotopic (exact) mass is 343 g/mol. The van der Waals surface area contributed by atoms with Gasteiger partial charge in [0.1, 0.15) is 6.04 Å². The zero-order valence-electron chi connectivity index (χ0n) is 15.6. The second-order valence-electron chi connectivity index (χ2n) is 7.56. The highest BCUT2D eigenvalue weighted by Crippen LogP contribution is 2.26. The van der Waals surface area contributed by atoms with Gasteiger partial charge in [-0.15, -0.1) is 0 Å². The summed E-state index contributed by atoms with van der Waals surface area (Å²) in [6, 6.07) is 8.13. The Morgan fingerprint density at radius 1 is 1.12 bits per heavy atom. The molecule has 2 amide bonds. The van der Waals surface area contributed by atoms with E-state index in [0.717, 1.165) is 18.4 Å². The zero-order valence-corrected chi connectivity index (χ0v) is 15.6. The van der Waals surface area contributed by atoms with Gasteiger partial charge in [0.15, 0.2) is 0 Å². The van der Waals surface area contributed by atoms with E-state index < -0.39 is 0 Å². The van der Waals surface area contributed by atoms with E-state index in [1.54, 1.807) is 4.90 Å². The molecule has 1 aromatic rings. The van der Waals surface area contributed by atoms with Crippen molar-refractivity contribution in [3.05, 3.63) is 35.4 Å². The summed E-state index contributed by atoms with van der Waals surface area (Å²) in [7, 11) is 3.83. The molecule has 1 aliphatic carbocycles. The van der Waals surface area contributed by atoms with Crippen LogP contribution in [0.3, 0.4) is 0 Å². The maximum atomic E-state index is 13.1. The third-order valence-corrected chi connectivity index (χ3v) is 5.48. The molecule has 136 valence electrons. The van der Waals surface area contributed by atoms with Crippen LogP contribution in [0.1, 0.15) is 42.9 Å². The van der Waals surface area contributed by atoms with Gasteiger partial charge < -0.3 is 9.80 Å². The van der Waals surface area contributed by atoms with Crippen LogP contribution in [0.2, 0.25) is 0 Å². The molecule has 1 aliphatic heterocycles. The Bertz CT molecular complexity index is 620. The number of piperazine rings is 1. The normalized spacial score (nSPS) is 20.4. The fourth-order valence-corrected chi connectivity index (χ4v) is 4.06. The first-order valence-electron chi connectivity index (χ1n) is 9.28. The molecule has 1 saturated heterocycles. The van der Waals surface area contributed by atoms with Crippen molar-refractivity contribution in [2.45, 2.75) is 44.7 Å².